The van der Waals surface area contributed by atoms with Gasteiger partial charge < -0.3 is 15.5 Å². The molecule has 0 spiro atoms. The molecule has 0 aromatic heterocycles. The van der Waals surface area contributed by atoms with Gasteiger partial charge >= 0.3 is 0 Å². The number of likely N-dealkylation sites (tertiary alicyclic amines) is 1. The van der Waals surface area contributed by atoms with Gasteiger partial charge in [-0.1, -0.05) is 42.5 Å². The highest BCUT2D eigenvalue weighted by Gasteiger charge is 2.29. The Morgan fingerprint density at radius 1 is 1.13 bits per heavy atom. The predicted molar refractivity (Wildman–Crippen MR) is 129 cm³/mol. The molecular weight excluding hydrogens is 494 g/mol. The third-order valence-electron chi connectivity index (χ3n) is 5.02. The van der Waals surface area contributed by atoms with Crippen LogP contribution in [0.5, 0.6) is 0 Å². The van der Waals surface area contributed by atoms with Crippen LogP contribution < -0.4 is 10.6 Å². The highest BCUT2D eigenvalue weighted by atomic mass is 127. The minimum atomic E-state index is -0.254. The number of hydrogen-bond donors (Lipinski definition) is 2. The van der Waals surface area contributed by atoms with Crippen molar-refractivity contribution < 1.29 is 9.18 Å². The molecule has 0 saturated carbocycles. The van der Waals surface area contributed by atoms with Crippen LogP contribution in [-0.4, -0.2) is 42.9 Å². The van der Waals surface area contributed by atoms with E-state index in [1.54, 1.807) is 6.07 Å². The molecule has 1 saturated heterocycles. The fraction of sp³-hybridized carbons (Fsp3) is 0.391. The lowest BCUT2D eigenvalue weighted by Crippen LogP contribution is -2.40. The smallest absolute Gasteiger partial charge is 0.223 e. The molecule has 1 atom stereocenters. The van der Waals surface area contributed by atoms with Gasteiger partial charge in [0.25, 0.3) is 0 Å². The fourth-order valence-corrected chi connectivity index (χ4v) is 3.50. The maximum atomic E-state index is 13.3. The van der Waals surface area contributed by atoms with Gasteiger partial charge in [-0.2, -0.15) is 0 Å². The first kappa shape index (κ1) is 24.1. The Morgan fingerprint density at radius 2 is 1.90 bits per heavy atom. The number of nitrogens with one attached hydrogen (secondary N) is 2. The topological polar surface area (TPSA) is 56.7 Å². The van der Waals surface area contributed by atoms with E-state index in [1.165, 1.54) is 17.7 Å². The van der Waals surface area contributed by atoms with E-state index in [0.29, 0.717) is 25.5 Å². The second-order valence-electron chi connectivity index (χ2n) is 7.35. The quantitative estimate of drug-likeness (QED) is 0.316. The second kappa shape index (κ2) is 12.5. The Hall–Kier alpha value is -2.16. The van der Waals surface area contributed by atoms with Crippen molar-refractivity contribution >= 4 is 35.8 Å². The molecule has 5 nitrogen and oxygen atoms in total. The highest BCUT2D eigenvalue weighted by molar-refractivity contribution is 14.0. The molecule has 1 fully saturated rings. The van der Waals surface area contributed by atoms with E-state index in [2.05, 4.69) is 27.8 Å². The van der Waals surface area contributed by atoms with E-state index in [4.69, 9.17) is 0 Å². The summed E-state index contributed by atoms with van der Waals surface area (Å²) in [5.41, 5.74) is 2.08. The molecule has 162 valence electrons. The Kier molecular flexibility index (Phi) is 10.1. The van der Waals surface area contributed by atoms with E-state index >= 15 is 0 Å². The second-order valence-corrected chi connectivity index (χ2v) is 7.35. The summed E-state index contributed by atoms with van der Waals surface area (Å²) in [7, 11) is 0. The molecule has 2 aromatic rings. The highest BCUT2D eigenvalue weighted by Crippen LogP contribution is 2.17. The van der Waals surface area contributed by atoms with Crippen molar-refractivity contribution in [3.63, 3.8) is 0 Å². The van der Waals surface area contributed by atoms with Crippen LogP contribution in [0, 0.1) is 11.7 Å². The molecule has 2 N–H and O–H groups in total. The Morgan fingerprint density at radius 3 is 2.63 bits per heavy atom. The third kappa shape index (κ3) is 7.59. The van der Waals surface area contributed by atoms with E-state index < -0.39 is 0 Å². The molecule has 1 heterocycles. The minimum absolute atomic E-state index is 0. The normalized spacial score (nSPS) is 16.3. The van der Waals surface area contributed by atoms with Gasteiger partial charge in [-0.15, -0.1) is 24.0 Å². The van der Waals surface area contributed by atoms with Gasteiger partial charge in [0, 0.05) is 38.5 Å². The molecule has 1 aliphatic rings. The number of nitrogens with zero attached hydrogens (tertiary/aromatic N) is 2. The molecule has 1 unspecified atom stereocenters. The van der Waals surface area contributed by atoms with Crippen molar-refractivity contribution in [1.82, 2.24) is 15.5 Å². The molecule has 0 bridgehead atoms. The number of aliphatic imine (C=N–C) groups is 1. The summed E-state index contributed by atoms with van der Waals surface area (Å²) in [5, 5.41) is 6.54. The zero-order valence-electron chi connectivity index (χ0n) is 17.3. The maximum Gasteiger partial charge on any atom is 0.223 e. The zero-order chi connectivity index (χ0) is 20.5. The number of carbonyl (C=O) groups excluding carboxylic acids is 1. The Bertz CT molecular complexity index is 831. The van der Waals surface area contributed by atoms with E-state index in [0.717, 1.165) is 31.6 Å². The van der Waals surface area contributed by atoms with Gasteiger partial charge in [-0.3, -0.25) is 4.79 Å². The minimum Gasteiger partial charge on any atom is -0.357 e. The molecule has 0 radical (unpaired) electrons. The zero-order valence-corrected chi connectivity index (χ0v) is 19.6. The number of guanidine groups is 1. The van der Waals surface area contributed by atoms with Crippen LogP contribution in [0.2, 0.25) is 0 Å². The average molecular weight is 524 g/mol. The number of halogens is 2. The lowest BCUT2D eigenvalue weighted by atomic mass is 10.1. The Balaban J connectivity index is 0.00000320. The van der Waals surface area contributed by atoms with Crippen molar-refractivity contribution in [2.75, 3.05) is 26.2 Å². The molecular formula is C23H30FIN4O. The number of benzene rings is 2. The summed E-state index contributed by atoms with van der Waals surface area (Å²) in [6.45, 7) is 5.35. The summed E-state index contributed by atoms with van der Waals surface area (Å²) < 4.78 is 13.3. The summed E-state index contributed by atoms with van der Waals surface area (Å²) in [6, 6.07) is 16.7. The van der Waals surface area contributed by atoms with E-state index in [9.17, 15) is 9.18 Å². The van der Waals surface area contributed by atoms with Gasteiger partial charge in [0.05, 0.1) is 6.54 Å². The first-order valence-electron chi connectivity index (χ1n) is 10.2. The van der Waals surface area contributed by atoms with Crippen molar-refractivity contribution in [2.45, 2.75) is 26.3 Å². The van der Waals surface area contributed by atoms with E-state index in [1.807, 2.05) is 36.1 Å². The largest absolute Gasteiger partial charge is 0.357 e. The standard InChI is InChI=1S/C23H29FN4O.HI/c1-2-25-23(26-15-19-9-6-10-21(24)13-19)27-16-20-14-22(29)28(17-20)12-11-18-7-4-3-5-8-18;/h3-10,13,20H,2,11-12,14-17H2,1H3,(H2,25,26,27);1H. The van der Waals surface area contributed by atoms with Gasteiger partial charge in [0.1, 0.15) is 5.82 Å². The van der Waals surface area contributed by atoms with Crippen LogP contribution in [0.15, 0.2) is 59.6 Å². The van der Waals surface area contributed by atoms with Gasteiger partial charge in [0.15, 0.2) is 5.96 Å². The molecule has 0 aliphatic carbocycles. The number of hydrogen-bond acceptors (Lipinski definition) is 2. The van der Waals surface area contributed by atoms with E-state index in [-0.39, 0.29) is 41.6 Å². The molecule has 30 heavy (non-hydrogen) atoms. The number of carbonyl (C=O) groups is 1. The van der Waals surface area contributed by atoms with Crippen LogP contribution in [0.3, 0.4) is 0 Å². The summed E-state index contributed by atoms with van der Waals surface area (Å²) in [4.78, 5) is 18.8. The lowest BCUT2D eigenvalue weighted by Gasteiger charge is -2.18. The van der Waals surface area contributed by atoms with Crippen molar-refractivity contribution in [3.8, 4) is 0 Å². The first-order valence-corrected chi connectivity index (χ1v) is 10.2. The fourth-order valence-electron chi connectivity index (χ4n) is 3.50. The predicted octanol–water partition coefficient (Wildman–Crippen LogP) is 3.59. The summed E-state index contributed by atoms with van der Waals surface area (Å²) in [6.07, 6.45) is 1.44. The molecule has 1 amide bonds. The lowest BCUT2D eigenvalue weighted by molar-refractivity contribution is -0.127. The van der Waals surface area contributed by atoms with Crippen LogP contribution >= 0.6 is 24.0 Å². The number of rotatable bonds is 8. The maximum absolute atomic E-state index is 13.3. The van der Waals surface area contributed by atoms with Crippen molar-refractivity contribution in [3.05, 3.63) is 71.5 Å². The van der Waals surface area contributed by atoms with Crippen LogP contribution in [0.25, 0.3) is 0 Å². The molecule has 2 aromatic carbocycles. The Labute approximate surface area is 195 Å². The van der Waals surface area contributed by atoms with Crippen LogP contribution in [0.1, 0.15) is 24.5 Å². The average Bonchev–Trinajstić information content (AvgIpc) is 3.09. The number of amides is 1. The SMILES string of the molecule is CCNC(=NCc1cccc(F)c1)NCC1CC(=O)N(CCc2ccccc2)C1.I. The monoisotopic (exact) mass is 524 g/mol. The summed E-state index contributed by atoms with van der Waals surface area (Å²) >= 11 is 0. The first-order chi connectivity index (χ1) is 14.1. The van der Waals surface area contributed by atoms with Crippen LogP contribution in [-0.2, 0) is 17.8 Å². The van der Waals surface area contributed by atoms with Crippen LogP contribution in [0.4, 0.5) is 4.39 Å². The van der Waals surface area contributed by atoms with Crippen molar-refractivity contribution in [1.29, 1.82) is 0 Å². The van der Waals surface area contributed by atoms with Gasteiger partial charge in [0.2, 0.25) is 5.91 Å². The molecule has 7 heteroatoms. The van der Waals surface area contributed by atoms with Gasteiger partial charge in [-0.05, 0) is 36.6 Å². The molecule has 1 aliphatic heterocycles. The van der Waals surface area contributed by atoms with Crippen molar-refractivity contribution in [2.24, 2.45) is 10.9 Å². The van der Waals surface area contributed by atoms with Gasteiger partial charge in [-0.25, -0.2) is 9.38 Å². The third-order valence-corrected chi connectivity index (χ3v) is 5.02. The molecule has 3 rings (SSSR count). The summed E-state index contributed by atoms with van der Waals surface area (Å²) in [5.74, 6) is 0.911.